The van der Waals surface area contributed by atoms with Crippen molar-refractivity contribution in [2.24, 2.45) is 0 Å². The molecule has 0 saturated carbocycles. The highest BCUT2D eigenvalue weighted by molar-refractivity contribution is 5.38. The quantitative estimate of drug-likeness (QED) is 0.894. The van der Waals surface area contributed by atoms with Gasteiger partial charge in [0.1, 0.15) is 5.82 Å². The fraction of sp³-hybridized carbons (Fsp3) is 0.267. The average molecular weight is 257 g/mol. The van der Waals surface area contributed by atoms with Crippen LogP contribution in [0.3, 0.4) is 0 Å². The highest BCUT2D eigenvalue weighted by Gasteiger charge is 2.07. The van der Waals surface area contributed by atoms with Crippen LogP contribution in [0.4, 0.5) is 4.39 Å². The molecule has 0 aliphatic rings. The number of nitrogens with one attached hydrogen (secondary N) is 1. The molecule has 0 saturated heterocycles. The third-order valence-electron chi connectivity index (χ3n) is 3.01. The Morgan fingerprint density at radius 3 is 2.95 bits per heavy atom. The zero-order valence-corrected chi connectivity index (χ0v) is 10.9. The van der Waals surface area contributed by atoms with Crippen molar-refractivity contribution in [3.63, 3.8) is 0 Å². The van der Waals surface area contributed by atoms with Crippen LogP contribution < -0.4 is 5.32 Å². The molecule has 0 spiro atoms. The van der Waals surface area contributed by atoms with Crippen molar-refractivity contribution in [3.05, 3.63) is 59.2 Å². The van der Waals surface area contributed by atoms with Gasteiger partial charge < -0.3 is 9.88 Å². The molecule has 98 valence electrons. The molecule has 2 rings (SSSR count). The highest BCUT2D eigenvalue weighted by Crippen LogP contribution is 2.14. The summed E-state index contributed by atoms with van der Waals surface area (Å²) in [5.74, 6) is -0.311. The Kier molecular flexibility index (Phi) is 4.32. The van der Waals surface area contributed by atoms with E-state index in [1.165, 1.54) is 18.2 Å². The Morgan fingerprint density at radius 2 is 2.21 bits per heavy atom. The Labute approximate surface area is 112 Å². The van der Waals surface area contributed by atoms with E-state index in [4.69, 9.17) is 5.26 Å². The van der Waals surface area contributed by atoms with Crippen molar-refractivity contribution in [2.45, 2.75) is 20.0 Å². The van der Waals surface area contributed by atoms with E-state index >= 15 is 0 Å². The van der Waals surface area contributed by atoms with Gasteiger partial charge in [-0.25, -0.2) is 4.39 Å². The molecule has 0 aliphatic heterocycles. The van der Waals surface area contributed by atoms with Gasteiger partial charge in [-0.1, -0.05) is 6.92 Å². The summed E-state index contributed by atoms with van der Waals surface area (Å²) in [6, 6.07) is 10.3. The van der Waals surface area contributed by atoms with Crippen molar-refractivity contribution < 1.29 is 4.39 Å². The smallest absolute Gasteiger partial charge is 0.123 e. The maximum absolute atomic E-state index is 13.3. The highest BCUT2D eigenvalue weighted by atomic mass is 19.1. The summed E-state index contributed by atoms with van der Waals surface area (Å²) in [5.41, 5.74) is 2.34. The second-order valence-corrected chi connectivity index (χ2v) is 4.32. The number of rotatable bonds is 5. The molecule has 0 atom stereocenters. The normalized spacial score (nSPS) is 10.4. The van der Waals surface area contributed by atoms with Crippen LogP contribution in [0.2, 0.25) is 0 Å². The number of hydrogen-bond donors (Lipinski definition) is 1. The largest absolute Gasteiger partial charge is 0.346 e. The fourth-order valence-corrected chi connectivity index (χ4v) is 2.00. The van der Waals surface area contributed by atoms with Crippen LogP contribution >= 0.6 is 0 Å². The van der Waals surface area contributed by atoms with Crippen molar-refractivity contribution in [2.75, 3.05) is 6.54 Å². The van der Waals surface area contributed by atoms with Gasteiger partial charge >= 0.3 is 0 Å². The second kappa shape index (κ2) is 6.17. The minimum absolute atomic E-state index is 0.311. The minimum atomic E-state index is -0.311. The number of nitriles is 1. The van der Waals surface area contributed by atoms with Crippen molar-refractivity contribution in [3.8, 4) is 6.07 Å². The molecule has 0 unspecified atom stereocenters. The number of halogens is 1. The maximum Gasteiger partial charge on any atom is 0.123 e. The zero-order chi connectivity index (χ0) is 13.7. The first-order chi connectivity index (χ1) is 9.24. The summed E-state index contributed by atoms with van der Waals surface area (Å²) in [4.78, 5) is 0. The number of nitrogens with zero attached hydrogens (tertiary/aromatic N) is 2. The lowest BCUT2D eigenvalue weighted by molar-refractivity contribution is 0.619. The lowest BCUT2D eigenvalue weighted by Crippen LogP contribution is -2.15. The Bertz CT molecular complexity index is 596. The standard InChI is InChI=1S/C15H16FN3/c1-2-18-10-15-4-3-7-19(15)11-13-8-14(16)6-5-12(13)9-17/h3-8,18H,2,10-11H2,1H3. The third-order valence-corrected chi connectivity index (χ3v) is 3.01. The minimum Gasteiger partial charge on any atom is -0.346 e. The van der Waals surface area contributed by atoms with Crippen molar-refractivity contribution >= 4 is 0 Å². The van der Waals surface area contributed by atoms with E-state index in [0.717, 1.165) is 18.8 Å². The fourth-order valence-electron chi connectivity index (χ4n) is 2.00. The monoisotopic (exact) mass is 257 g/mol. The average Bonchev–Trinajstić information content (AvgIpc) is 2.84. The molecule has 19 heavy (non-hydrogen) atoms. The summed E-state index contributed by atoms with van der Waals surface area (Å²) in [6.45, 7) is 4.22. The lowest BCUT2D eigenvalue weighted by atomic mass is 10.1. The summed E-state index contributed by atoms with van der Waals surface area (Å²) in [6.07, 6.45) is 1.94. The van der Waals surface area contributed by atoms with Crippen LogP contribution in [0.1, 0.15) is 23.7 Å². The van der Waals surface area contributed by atoms with E-state index in [1.807, 2.05) is 29.8 Å². The van der Waals surface area contributed by atoms with E-state index in [1.54, 1.807) is 0 Å². The van der Waals surface area contributed by atoms with Gasteiger partial charge in [0.2, 0.25) is 0 Å². The van der Waals surface area contributed by atoms with Gasteiger partial charge in [0.15, 0.2) is 0 Å². The molecular formula is C15H16FN3. The predicted molar refractivity (Wildman–Crippen MR) is 72.0 cm³/mol. The van der Waals surface area contributed by atoms with Gasteiger partial charge in [0.25, 0.3) is 0 Å². The molecule has 0 bridgehead atoms. The topological polar surface area (TPSA) is 40.8 Å². The third kappa shape index (κ3) is 3.21. The first kappa shape index (κ1) is 13.3. The van der Waals surface area contributed by atoms with Crippen LogP contribution in [0.5, 0.6) is 0 Å². The Morgan fingerprint density at radius 1 is 1.37 bits per heavy atom. The van der Waals surface area contributed by atoms with Gasteiger partial charge in [-0.2, -0.15) is 5.26 Å². The van der Waals surface area contributed by atoms with Crippen molar-refractivity contribution in [1.29, 1.82) is 5.26 Å². The van der Waals surface area contributed by atoms with Crippen LogP contribution in [0, 0.1) is 17.1 Å². The summed E-state index contributed by atoms with van der Waals surface area (Å²) in [7, 11) is 0. The molecule has 1 aromatic heterocycles. The predicted octanol–water partition coefficient (Wildman–Crippen LogP) is 2.66. The molecule has 1 N–H and O–H groups in total. The first-order valence-electron chi connectivity index (χ1n) is 6.28. The van der Waals surface area contributed by atoms with E-state index in [0.29, 0.717) is 17.7 Å². The summed E-state index contributed by atoms with van der Waals surface area (Å²) >= 11 is 0. The van der Waals surface area contributed by atoms with Crippen LogP contribution in [0.15, 0.2) is 36.5 Å². The lowest BCUT2D eigenvalue weighted by Gasteiger charge is -2.11. The maximum atomic E-state index is 13.3. The molecule has 1 heterocycles. The SMILES string of the molecule is CCNCc1cccn1Cc1cc(F)ccc1C#N. The van der Waals surface area contributed by atoms with Crippen LogP contribution in [-0.4, -0.2) is 11.1 Å². The van der Waals surface area contributed by atoms with Gasteiger partial charge in [0.05, 0.1) is 11.6 Å². The van der Waals surface area contributed by atoms with Crippen LogP contribution in [-0.2, 0) is 13.1 Å². The van der Waals surface area contributed by atoms with E-state index < -0.39 is 0 Å². The molecule has 0 radical (unpaired) electrons. The Hall–Kier alpha value is -2.12. The molecule has 0 amide bonds. The van der Waals surface area contributed by atoms with E-state index in [2.05, 4.69) is 11.4 Å². The second-order valence-electron chi connectivity index (χ2n) is 4.32. The van der Waals surface area contributed by atoms with Crippen LogP contribution in [0.25, 0.3) is 0 Å². The van der Waals surface area contributed by atoms with Gasteiger partial charge in [0, 0.05) is 25.0 Å². The summed E-state index contributed by atoms with van der Waals surface area (Å²) in [5, 5.41) is 12.3. The molecule has 4 heteroatoms. The van der Waals surface area contributed by atoms with E-state index in [9.17, 15) is 4.39 Å². The first-order valence-corrected chi connectivity index (χ1v) is 6.28. The summed E-state index contributed by atoms with van der Waals surface area (Å²) < 4.78 is 15.3. The van der Waals surface area contributed by atoms with Gasteiger partial charge in [-0.15, -0.1) is 0 Å². The molecular weight excluding hydrogens is 241 g/mol. The molecule has 1 aromatic carbocycles. The number of aromatic nitrogens is 1. The van der Waals surface area contributed by atoms with Gasteiger partial charge in [-0.05, 0) is 42.4 Å². The molecule has 2 aromatic rings. The number of hydrogen-bond acceptors (Lipinski definition) is 2. The van der Waals surface area contributed by atoms with Crippen molar-refractivity contribution in [1.82, 2.24) is 9.88 Å². The number of benzene rings is 1. The molecule has 3 nitrogen and oxygen atoms in total. The molecule has 0 aliphatic carbocycles. The zero-order valence-electron chi connectivity index (χ0n) is 10.9. The van der Waals surface area contributed by atoms with Gasteiger partial charge in [-0.3, -0.25) is 0 Å². The molecule has 0 fully saturated rings. The Balaban J connectivity index is 2.24. The van der Waals surface area contributed by atoms with E-state index in [-0.39, 0.29) is 5.82 Å².